The zero-order valence-corrected chi connectivity index (χ0v) is 9.90. The van der Waals surface area contributed by atoms with Crippen LogP contribution in [0.25, 0.3) is 0 Å². The second-order valence-corrected chi connectivity index (χ2v) is 3.41. The van der Waals surface area contributed by atoms with Crippen molar-refractivity contribution in [3.63, 3.8) is 0 Å². The number of hydrogen-bond acceptors (Lipinski definition) is 2. The van der Waals surface area contributed by atoms with Crippen LogP contribution in [0.1, 0.15) is 53.4 Å². The molecule has 0 aromatic heterocycles. The van der Waals surface area contributed by atoms with E-state index in [9.17, 15) is 0 Å². The minimum Gasteiger partial charge on any atom is -0.330 e. The van der Waals surface area contributed by atoms with E-state index in [0.29, 0.717) is 0 Å². The summed E-state index contributed by atoms with van der Waals surface area (Å²) in [6.07, 6.45) is 4.73. The van der Waals surface area contributed by atoms with E-state index in [1.54, 1.807) is 0 Å². The van der Waals surface area contributed by atoms with Crippen molar-refractivity contribution in [2.24, 2.45) is 16.9 Å². The van der Waals surface area contributed by atoms with Gasteiger partial charge in [0.2, 0.25) is 0 Å². The van der Waals surface area contributed by atoms with Crippen molar-refractivity contribution in [3.8, 4) is 0 Å². The summed E-state index contributed by atoms with van der Waals surface area (Å²) in [5.41, 5.74) is 11.7. The lowest BCUT2D eigenvalue weighted by Gasteiger charge is -2.30. The molecule has 13 heavy (non-hydrogen) atoms. The van der Waals surface area contributed by atoms with E-state index in [2.05, 4.69) is 13.8 Å². The van der Waals surface area contributed by atoms with Gasteiger partial charge >= 0.3 is 0 Å². The molecule has 0 aliphatic carbocycles. The molecule has 0 amide bonds. The molecule has 4 N–H and O–H groups in total. The van der Waals surface area contributed by atoms with Crippen LogP contribution in [0, 0.1) is 5.41 Å². The van der Waals surface area contributed by atoms with Crippen molar-refractivity contribution >= 4 is 0 Å². The lowest BCUT2D eigenvalue weighted by Crippen LogP contribution is -2.37. The summed E-state index contributed by atoms with van der Waals surface area (Å²) in [5, 5.41) is 0. The first-order valence-electron chi connectivity index (χ1n) is 5.64. The van der Waals surface area contributed by atoms with Crippen molar-refractivity contribution in [2.45, 2.75) is 53.4 Å². The minimum absolute atomic E-state index is 0.240. The van der Waals surface area contributed by atoms with Gasteiger partial charge in [-0.15, -0.1) is 0 Å². The summed E-state index contributed by atoms with van der Waals surface area (Å²) in [6, 6.07) is 0. The molecule has 0 aliphatic heterocycles. The van der Waals surface area contributed by atoms with Crippen LogP contribution in [0.2, 0.25) is 0 Å². The van der Waals surface area contributed by atoms with E-state index >= 15 is 0 Å². The summed E-state index contributed by atoms with van der Waals surface area (Å²) in [4.78, 5) is 0. The highest BCUT2D eigenvalue weighted by Gasteiger charge is 2.24. The lowest BCUT2D eigenvalue weighted by molar-refractivity contribution is 0.255. The Morgan fingerprint density at radius 3 is 1.31 bits per heavy atom. The lowest BCUT2D eigenvalue weighted by atomic mass is 9.79. The Bertz CT molecular complexity index is 80.1. The third-order valence-electron chi connectivity index (χ3n) is 2.43. The molecule has 0 aliphatic rings. The molecule has 0 fully saturated rings. The van der Waals surface area contributed by atoms with Crippen LogP contribution in [-0.4, -0.2) is 13.1 Å². The zero-order chi connectivity index (χ0) is 10.7. The average Bonchev–Trinajstić information content (AvgIpc) is 2.20. The summed E-state index contributed by atoms with van der Waals surface area (Å²) >= 11 is 0. The van der Waals surface area contributed by atoms with Gasteiger partial charge in [-0.3, -0.25) is 0 Å². The van der Waals surface area contributed by atoms with Crippen LogP contribution in [0.3, 0.4) is 0 Å². The van der Waals surface area contributed by atoms with Gasteiger partial charge in [0.25, 0.3) is 0 Å². The second kappa shape index (κ2) is 10.0. The molecule has 0 bridgehead atoms. The van der Waals surface area contributed by atoms with Gasteiger partial charge in [0, 0.05) is 0 Å². The molecule has 0 saturated heterocycles. The van der Waals surface area contributed by atoms with Gasteiger partial charge in [-0.05, 0) is 31.3 Å². The largest absolute Gasteiger partial charge is 0.330 e. The Labute approximate surface area is 84.1 Å². The highest BCUT2D eigenvalue weighted by molar-refractivity contribution is 4.80. The van der Waals surface area contributed by atoms with E-state index < -0.39 is 0 Å². The molecule has 82 valence electrons. The molecular weight excluding hydrogens is 160 g/mol. The monoisotopic (exact) mass is 188 g/mol. The van der Waals surface area contributed by atoms with Gasteiger partial charge in [0.05, 0.1) is 0 Å². The van der Waals surface area contributed by atoms with E-state index in [1.165, 1.54) is 25.7 Å². The van der Waals surface area contributed by atoms with Crippen molar-refractivity contribution in [1.82, 2.24) is 0 Å². The fourth-order valence-corrected chi connectivity index (χ4v) is 1.68. The van der Waals surface area contributed by atoms with Crippen LogP contribution in [0.15, 0.2) is 0 Å². The summed E-state index contributed by atoms with van der Waals surface area (Å²) in [7, 11) is 0. The van der Waals surface area contributed by atoms with E-state index in [0.717, 1.165) is 13.1 Å². The van der Waals surface area contributed by atoms with Crippen LogP contribution >= 0.6 is 0 Å². The summed E-state index contributed by atoms with van der Waals surface area (Å²) in [6.45, 7) is 9.86. The Morgan fingerprint density at radius 2 is 1.15 bits per heavy atom. The maximum atomic E-state index is 5.71. The molecule has 0 radical (unpaired) electrons. The molecule has 0 rings (SSSR count). The normalized spacial score (nSPS) is 10.6. The van der Waals surface area contributed by atoms with Gasteiger partial charge < -0.3 is 11.5 Å². The third kappa shape index (κ3) is 6.05. The van der Waals surface area contributed by atoms with Crippen molar-refractivity contribution in [3.05, 3.63) is 0 Å². The first kappa shape index (κ1) is 15.4. The Balaban J connectivity index is 0. The summed E-state index contributed by atoms with van der Waals surface area (Å²) in [5.74, 6) is 0. The highest BCUT2D eigenvalue weighted by Crippen LogP contribution is 2.26. The topological polar surface area (TPSA) is 52.0 Å². The van der Waals surface area contributed by atoms with Crippen LogP contribution in [-0.2, 0) is 0 Å². The minimum atomic E-state index is 0.240. The van der Waals surface area contributed by atoms with Gasteiger partial charge in [0.15, 0.2) is 0 Å². The maximum absolute atomic E-state index is 5.71. The quantitative estimate of drug-likeness (QED) is 0.673. The molecule has 0 unspecified atom stereocenters. The Hall–Kier alpha value is -0.0800. The molecule has 2 nitrogen and oxygen atoms in total. The highest BCUT2D eigenvalue weighted by atomic mass is 14.7. The Kier molecular flexibility index (Phi) is 11.8. The maximum Gasteiger partial charge on any atom is -0.000844 e. The molecule has 0 atom stereocenters. The van der Waals surface area contributed by atoms with Gasteiger partial charge in [-0.25, -0.2) is 0 Å². The van der Waals surface area contributed by atoms with Gasteiger partial charge in [-0.1, -0.05) is 40.5 Å². The molecule has 2 heteroatoms. The number of nitrogens with two attached hydrogens (primary N) is 2. The molecule has 0 saturated carbocycles. The molecule has 0 heterocycles. The molecule has 0 aromatic rings. The van der Waals surface area contributed by atoms with Gasteiger partial charge in [0.1, 0.15) is 0 Å². The average molecular weight is 188 g/mol. The predicted molar refractivity (Wildman–Crippen MR) is 61.7 cm³/mol. The fraction of sp³-hybridized carbons (Fsp3) is 1.00. The molecular formula is C11H28N2. The van der Waals surface area contributed by atoms with Crippen molar-refractivity contribution in [2.75, 3.05) is 13.1 Å². The van der Waals surface area contributed by atoms with E-state index in [4.69, 9.17) is 11.5 Å². The number of rotatable bonds is 6. The summed E-state index contributed by atoms with van der Waals surface area (Å²) < 4.78 is 0. The third-order valence-corrected chi connectivity index (χ3v) is 2.43. The first-order chi connectivity index (χ1) is 6.24. The number of hydrogen-bond donors (Lipinski definition) is 2. The van der Waals surface area contributed by atoms with E-state index in [1.807, 2.05) is 13.8 Å². The van der Waals surface area contributed by atoms with Crippen LogP contribution < -0.4 is 11.5 Å². The standard InChI is InChI=1S/C9H22N2.C2H6/c1-3-5-9(7-10,8-11)6-4-2;1-2/h3-8,10-11H2,1-2H3;1-2H3. The SMILES string of the molecule is CC.CCCC(CN)(CN)CCC. The molecule has 0 spiro atoms. The zero-order valence-electron chi connectivity index (χ0n) is 9.90. The van der Waals surface area contributed by atoms with Crippen molar-refractivity contribution in [1.29, 1.82) is 0 Å². The van der Waals surface area contributed by atoms with Crippen molar-refractivity contribution < 1.29 is 0 Å². The second-order valence-electron chi connectivity index (χ2n) is 3.41. The van der Waals surface area contributed by atoms with Crippen LogP contribution in [0.5, 0.6) is 0 Å². The van der Waals surface area contributed by atoms with E-state index in [-0.39, 0.29) is 5.41 Å². The first-order valence-corrected chi connectivity index (χ1v) is 5.64. The smallest absolute Gasteiger partial charge is 0.000844 e. The molecule has 0 aromatic carbocycles. The Morgan fingerprint density at radius 1 is 0.846 bits per heavy atom. The fourth-order valence-electron chi connectivity index (χ4n) is 1.68. The van der Waals surface area contributed by atoms with Gasteiger partial charge in [-0.2, -0.15) is 0 Å². The predicted octanol–water partition coefficient (Wildman–Crippen LogP) is 2.52. The van der Waals surface area contributed by atoms with Crippen LogP contribution in [0.4, 0.5) is 0 Å².